The SMILES string of the molecule is O=C(O)C1CCCCCN1C(=O)N1CCNCC1. The molecule has 0 saturated carbocycles. The average Bonchev–Trinajstić information content (AvgIpc) is 2.64. The van der Waals surface area contributed by atoms with Crippen molar-refractivity contribution in [3.05, 3.63) is 0 Å². The highest BCUT2D eigenvalue weighted by Gasteiger charge is 2.33. The van der Waals surface area contributed by atoms with Gasteiger partial charge in [0.15, 0.2) is 0 Å². The lowest BCUT2D eigenvalue weighted by Gasteiger charge is -2.35. The topological polar surface area (TPSA) is 72.9 Å². The fourth-order valence-electron chi connectivity index (χ4n) is 2.63. The van der Waals surface area contributed by atoms with Crippen molar-refractivity contribution in [2.75, 3.05) is 32.7 Å². The van der Waals surface area contributed by atoms with Gasteiger partial charge in [-0.25, -0.2) is 9.59 Å². The lowest BCUT2D eigenvalue weighted by molar-refractivity contribution is -0.142. The number of carbonyl (C=O) groups is 2. The molecule has 0 aliphatic carbocycles. The molecule has 0 spiro atoms. The first-order chi connectivity index (χ1) is 8.70. The number of nitrogens with one attached hydrogen (secondary N) is 1. The number of piperazine rings is 1. The highest BCUT2D eigenvalue weighted by Crippen LogP contribution is 2.19. The van der Waals surface area contributed by atoms with Gasteiger partial charge in [0.2, 0.25) is 0 Å². The number of carbonyl (C=O) groups excluding carboxylic acids is 1. The van der Waals surface area contributed by atoms with Crippen molar-refractivity contribution in [2.45, 2.75) is 31.7 Å². The molecular weight excluding hydrogens is 234 g/mol. The molecule has 0 radical (unpaired) electrons. The molecule has 1 atom stereocenters. The molecule has 0 bridgehead atoms. The number of rotatable bonds is 1. The van der Waals surface area contributed by atoms with Crippen LogP contribution in [0.3, 0.4) is 0 Å². The van der Waals surface area contributed by atoms with Gasteiger partial charge in [0, 0.05) is 32.7 Å². The fourth-order valence-corrected chi connectivity index (χ4v) is 2.63. The number of hydrogen-bond acceptors (Lipinski definition) is 3. The quantitative estimate of drug-likeness (QED) is 0.708. The molecule has 2 aliphatic heterocycles. The normalized spacial score (nSPS) is 25.7. The summed E-state index contributed by atoms with van der Waals surface area (Å²) in [5, 5.41) is 12.4. The van der Waals surface area contributed by atoms with Gasteiger partial charge in [-0.2, -0.15) is 0 Å². The van der Waals surface area contributed by atoms with Gasteiger partial charge in [0.1, 0.15) is 6.04 Å². The van der Waals surface area contributed by atoms with Crippen LogP contribution in [-0.4, -0.2) is 65.7 Å². The van der Waals surface area contributed by atoms with Gasteiger partial charge in [-0.1, -0.05) is 12.8 Å². The van der Waals surface area contributed by atoms with Crippen molar-refractivity contribution >= 4 is 12.0 Å². The van der Waals surface area contributed by atoms with Gasteiger partial charge in [-0.3, -0.25) is 0 Å². The van der Waals surface area contributed by atoms with E-state index in [4.69, 9.17) is 0 Å². The van der Waals surface area contributed by atoms with E-state index in [1.165, 1.54) is 0 Å². The Labute approximate surface area is 107 Å². The molecule has 102 valence electrons. The minimum Gasteiger partial charge on any atom is -0.480 e. The summed E-state index contributed by atoms with van der Waals surface area (Å²) in [5.74, 6) is -0.875. The number of hydrogen-bond donors (Lipinski definition) is 2. The number of carboxylic acid groups (broad SMARTS) is 1. The second-order valence-electron chi connectivity index (χ2n) is 4.92. The molecule has 2 heterocycles. The third-order valence-electron chi connectivity index (χ3n) is 3.67. The zero-order valence-electron chi connectivity index (χ0n) is 10.6. The fraction of sp³-hybridized carbons (Fsp3) is 0.833. The van der Waals surface area contributed by atoms with Crippen molar-refractivity contribution in [3.63, 3.8) is 0 Å². The molecular formula is C12H21N3O3. The molecule has 6 nitrogen and oxygen atoms in total. The third-order valence-corrected chi connectivity index (χ3v) is 3.67. The lowest BCUT2D eigenvalue weighted by Crippen LogP contribution is -2.55. The maximum atomic E-state index is 12.4. The zero-order valence-corrected chi connectivity index (χ0v) is 10.6. The Hall–Kier alpha value is -1.30. The molecule has 2 fully saturated rings. The molecule has 6 heteroatoms. The van der Waals surface area contributed by atoms with Crippen LogP contribution < -0.4 is 5.32 Å². The third kappa shape index (κ3) is 2.93. The standard InChI is InChI=1S/C12H21N3O3/c16-11(17)10-4-2-1-3-7-15(10)12(18)14-8-5-13-6-9-14/h10,13H,1-9H2,(H,16,17). The van der Waals surface area contributed by atoms with Crippen LogP contribution in [0, 0.1) is 0 Å². The van der Waals surface area contributed by atoms with E-state index < -0.39 is 12.0 Å². The summed E-state index contributed by atoms with van der Waals surface area (Å²) >= 11 is 0. The van der Waals surface area contributed by atoms with E-state index >= 15 is 0 Å². The molecule has 2 amide bonds. The van der Waals surface area contributed by atoms with Crippen LogP contribution >= 0.6 is 0 Å². The molecule has 0 aromatic heterocycles. The maximum absolute atomic E-state index is 12.4. The molecule has 2 rings (SSSR count). The van der Waals surface area contributed by atoms with Gasteiger partial charge in [-0.05, 0) is 12.8 Å². The van der Waals surface area contributed by atoms with E-state index in [0.29, 0.717) is 26.1 Å². The van der Waals surface area contributed by atoms with Crippen LogP contribution in [0.15, 0.2) is 0 Å². The molecule has 0 aromatic carbocycles. The Morgan fingerprint density at radius 3 is 2.44 bits per heavy atom. The molecule has 2 N–H and O–H groups in total. The van der Waals surface area contributed by atoms with Crippen LogP contribution in [0.2, 0.25) is 0 Å². The van der Waals surface area contributed by atoms with E-state index in [2.05, 4.69) is 5.32 Å². The number of nitrogens with zero attached hydrogens (tertiary/aromatic N) is 2. The second-order valence-corrected chi connectivity index (χ2v) is 4.92. The van der Waals surface area contributed by atoms with E-state index in [-0.39, 0.29) is 6.03 Å². The van der Waals surface area contributed by atoms with E-state index in [9.17, 15) is 14.7 Å². The summed E-state index contributed by atoms with van der Waals surface area (Å²) in [6.07, 6.45) is 3.38. The van der Waals surface area contributed by atoms with Crippen LogP contribution in [0.1, 0.15) is 25.7 Å². The lowest BCUT2D eigenvalue weighted by atomic mass is 10.1. The Morgan fingerprint density at radius 1 is 1.06 bits per heavy atom. The van der Waals surface area contributed by atoms with E-state index in [1.54, 1.807) is 9.80 Å². The maximum Gasteiger partial charge on any atom is 0.326 e. The number of likely N-dealkylation sites (tertiary alicyclic amines) is 1. The largest absolute Gasteiger partial charge is 0.480 e. The van der Waals surface area contributed by atoms with Crippen LogP contribution in [0.5, 0.6) is 0 Å². The number of carboxylic acids is 1. The number of amides is 2. The summed E-state index contributed by atoms with van der Waals surface area (Å²) in [6, 6.07) is -0.749. The van der Waals surface area contributed by atoms with Gasteiger partial charge in [0.25, 0.3) is 0 Å². The smallest absolute Gasteiger partial charge is 0.326 e. The van der Waals surface area contributed by atoms with Crippen LogP contribution in [0.4, 0.5) is 4.79 Å². The second kappa shape index (κ2) is 6.04. The molecule has 2 saturated heterocycles. The molecule has 18 heavy (non-hydrogen) atoms. The van der Waals surface area contributed by atoms with Gasteiger partial charge in [0.05, 0.1) is 0 Å². The highest BCUT2D eigenvalue weighted by molar-refractivity contribution is 5.82. The van der Waals surface area contributed by atoms with Crippen LogP contribution in [0.25, 0.3) is 0 Å². The minimum atomic E-state index is -0.875. The summed E-state index contributed by atoms with van der Waals surface area (Å²) in [6.45, 7) is 3.48. The van der Waals surface area contributed by atoms with Crippen molar-refractivity contribution in [3.8, 4) is 0 Å². The first-order valence-corrected chi connectivity index (χ1v) is 6.69. The van der Waals surface area contributed by atoms with Crippen molar-refractivity contribution in [2.24, 2.45) is 0 Å². The Kier molecular flexibility index (Phi) is 4.41. The summed E-state index contributed by atoms with van der Waals surface area (Å²) in [7, 11) is 0. The first kappa shape index (κ1) is 13.1. The van der Waals surface area contributed by atoms with Crippen molar-refractivity contribution < 1.29 is 14.7 Å². The Morgan fingerprint density at radius 2 is 1.78 bits per heavy atom. The zero-order chi connectivity index (χ0) is 13.0. The van der Waals surface area contributed by atoms with Gasteiger partial charge >= 0.3 is 12.0 Å². The first-order valence-electron chi connectivity index (χ1n) is 6.69. The monoisotopic (exact) mass is 255 g/mol. The van der Waals surface area contributed by atoms with E-state index in [1.807, 2.05) is 0 Å². The Bertz CT molecular complexity index is 316. The summed E-state index contributed by atoms with van der Waals surface area (Å²) < 4.78 is 0. The summed E-state index contributed by atoms with van der Waals surface area (Å²) in [5.41, 5.74) is 0. The average molecular weight is 255 g/mol. The van der Waals surface area contributed by atoms with Crippen molar-refractivity contribution in [1.82, 2.24) is 15.1 Å². The van der Waals surface area contributed by atoms with Crippen molar-refractivity contribution in [1.29, 1.82) is 0 Å². The number of urea groups is 1. The minimum absolute atomic E-state index is 0.106. The van der Waals surface area contributed by atoms with Gasteiger partial charge in [-0.15, -0.1) is 0 Å². The molecule has 2 aliphatic rings. The predicted molar refractivity (Wildman–Crippen MR) is 66.4 cm³/mol. The van der Waals surface area contributed by atoms with Crippen LogP contribution in [-0.2, 0) is 4.79 Å². The highest BCUT2D eigenvalue weighted by atomic mass is 16.4. The molecule has 0 aromatic rings. The predicted octanol–water partition coefficient (Wildman–Crippen LogP) is 0.341. The molecule has 1 unspecified atom stereocenters. The van der Waals surface area contributed by atoms with Gasteiger partial charge < -0.3 is 20.2 Å². The van der Waals surface area contributed by atoms with E-state index in [0.717, 1.165) is 32.4 Å². The number of aliphatic carboxylic acids is 1. The summed E-state index contributed by atoms with van der Waals surface area (Å²) in [4.78, 5) is 27.0. The Balaban J connectivity index is 2.06.